The third-order valence-electron chi connectivity index (χ3n) is 6.76. The highest BCUT2D eigenvalue weighted by molar-refractivity contribution is 7.99. The van der Waals surface area contributed by atoms with Crippen molar-refractivity contribution in [2.24, 2.45) is 13.0 Å². The van der Waals surface area contributed by atoms with Crippen LogP contribution in [0.25, 0.3) is 11.3 Å². The monoisotopic (exact) mass is 458 g/mol. The first kappa shape index (κ1) is 21.5. The number of halogens is 3. The van der Waals surface area contributed by atoms with Crippen molar-refractivity contribution in [1.29, 1.82) is 0 Å². The van der Waals surface area contributed by atoms with Crippen LogP contribution in [0.1, 0.15) is 24.0 Å². The molecule has 1 aliphatic heterocycles. The van der Waals surface area contributed by atoms with Crippen LogP contribution in [-0.4, -0.2) is 44.8 Å². The van der Waals surface area contributed by atoms with Gasteiger partial charge in [0.1, 0.15) is 0 Å². The zero-order valence-corrected chi connectivity index (χ0v) is 18.7. The van der Waals surface area contributed by atoms with E-state index in [1.807, 2.05) is 31.6 Å². The average molecular weight is 459 g/mol. The van der Waals surface area contributed by atoms with Gasteiger partial charge in [0.25, 0.3) is 0 Å². The van der Waals surface area contributed by atoms with Crippen LogP contribution in [0.5, 0.6) is 0 Å². The molecule has 4 nitrogen and oxygen atoms in total. The molecule has 0 bridgehead atoms. The Kier molecular flexibility index (Phi) is 5.53. The molecule has 1 saturated carbocycles. The fraction of sp³-hybridized carbons (Fsp3) is 0.417. The van der Waals surface area contributed by atoms with Crippen LogP contribution in [0.4, 0.5) is 13.2 Å². The molecule has 168 valence electrons. The molecule has 1 aliphatic carbocycles. The Morgan fingerprint density at radius 3 is 2.69 bits per heavy atom. The van der Waals surface area contributed by atoms with Crippen LogP contribution in [0.15, 0.2) is 60.1 Å². The summed E-state index contributed by atoms with van der Waals surface area (Å²) in [6.07, 6.45) is 3.37. The zero-order valence-electron chi connectivity index (χ0n) is 17.8. The summed E-state index contributed by atoms with van der Waals surface area (Å²) in [4.78, 5) is 11.2. The predicted octanol–water partition coefficient (Wildman–Crippen LogP) is 5.26. The van der Waals surface area contributed by atoms with Gasteiger partial charge in [-0.2, -0.15) is 13.2 Å². The van der Waals surface area contributed by atoms with Crippen molar-refractivity contribution >= 4 is 11.8 Å². The minimum atomic E-state index is -4.27. The number of thioether (sulfide) groups is 1. The van der Waals surface area contributed by atoms with Gasteiger partial charge in [-0.3, -0.25) is 4.98 Å². The smallest absolute Gasteiger partial charge is 0.322 e. The molecule has 0 spiro atoms. The number of nitrogens with zero attached hydrogens (tertiary/aromatic N) is 4. The largest absolute Gasteiger partial charge is 0.416 e. The molecule has 2 fully saturated rings. The number of hydrogen-bond donors (Lipinski definition) is 0. The summed E-state index contributed by atoms with van der Waals surface area (Å²) >= 11 is 1.76. The number of imidazole rings is 1. The number of likely N-dealkylation sites (tertiary alicyclic amines) is 1. The summed E-state index contributed by atoms with van der Waals surface area (Å²) in [7, 11) is 2.03. The van der Waals surface area contributed by atoms with Gasteiger partial charge in [-0.1, -0.05) is 23.9 Å². The number of alkyl halides is 3. The summed E-state index contributed by atoms with van der Waals surface area (Å²) in [5.74, 6) is 1.55. The Morgan fingerprint density at radius 2 is 1.97 bits per heavy atom. The molecule has 3 aromatic rings. The highest BCUT2D eigenvalue weighted by atomic mass is 32.2. The number of benzene rings is 1. The van der Waals surface area contributed by atoms with E-state index < -0.39 is 11.7 Å². The Morgan fingerprint density at radius 1 is 1.16 bits per heavy atom. The Hall–Kier alpha value is -2.32. The molecule has 2 aliphatic rings. The van der Waals surface area contributed by atoms with E-state index in [4.69, 9.17) is 0 Å². The first-order valence-electron chi connectivity index (χ1n) is 10.8. The van der Waals surface area contributed by atoms with Gasteiger partial charge < -0.3 is 9.47 Å². The van der Waals surface area contributed by atoms with Crippen molar-refractivity contribution in [2.75, 3.05) is 25.4 Å². The second-order valence-electron chi connectivity index (χ2n) is 8.80. The Labute approximate surface area is 189 Å². The lowest BCUT2D eigenvalue weighted by Crippen LogP contribution is -2.28. The summed E-state index contributed by atoms with van der Waals surface area (Å²) in [5, 5.41) is 0.995. The van der Waals surface area contributed by atoms with Crippen molar-refractivity contribution in [3.63, 3.8) is 0 Å². The first-order chi connectivity index (χ1) is 15.4. The lowest BCUT2D eigenvalue weighted by molar-refractivity contribution is -0.137. The van der Waals surface area contributed by atoms with Crippen LogP contribution >= 0.6 is 11.8 Å². The van der Waals surface area contributed by atoms with Crippen LogP contribution in [-0.2, 0) is 18.6 Å². The topological polar surface area (TPSA) is 34.0 Å². The molecular weight excluding hydrogens is 433 g/mol. The molecule has 0 radical (unpaired) electrons. The summed E-state index contributed by atoms with van der Waals surface area (Å²) in [6.45, 7) is 2.99. The number of rotatable bonds is 7. The summed E-state index contributed by atoms with van der Waals surface area (Å²) in [5.41, 5.74) is 2.67. The molecule has 3 heterocycles. The van der Waals surface area contributed by atoms with Crippen molar-refractivity contribution in [3.05, 3.63) is 66.1 Å². The molecule has 32 heavy (non-hydrogen) atoms. The van der Waals surface area contributed by atoms with Crippen molar-refractivity contribution in [1.82, 2.24) is 19.4 Å². The molecular formula is C24H25F3N4S. The molecule has 5 rings (SSSR count). The van der Waals surface area contributed by atoms with Crippen LogP contribution in [0.2, 0.25) is 0 Å². The highest BCUT2D eigenvalue weighted by Gasteiger charge is 2.60. The van der Waals surface area contributed by atoms with Gasteiger partial charge in [-0.15, -0.1) is 0 Å². The fourth-order valence-electron chi connectivity index (χ4n) is 4.96. The quantitative estimate of drug-likeness (QED) is 0.357. The van der Waals surface area contributed by atoms with E-state index in [0.717, 1.165) is 60.2 Å². The van der Waals surface area contributed by atoms with E-state index in [1.165, 1.54) is 12.1 Å². The van der Waals surface area contributed by atoms with Gasteiger partial charge in [-0.25, -0.2) is 4.98 Å². The minimum Gasteiger partial charge on any atom is -0.322 e. The normalized spacial score (nSPS) is 22.8. The van der Waals surface area contributed by atoms with Gasteiger partial charge in [-0.05, 0) is 55.1 Å². The minimum absolute atomic E-state index is 0.0650. The molecule has 0 unspecified atom stereocenters. The number of fused-ring (bicyclic) bond motifs is 1. The van der Waals surface area contributed by atoms with Gasteiger partial charge in [0.05, 0.1) is 17.5 Å². The van der Waals surface area contributed by atoms with E-state index in [2.05, 4.69) is 19.4 Å². The molecule has 0 N–H and O–H groups in total. The number of pyridine rings is 1. The van der Waals surface area contributed by atoms with Gasteiger partial charge >= 0.3 is 6.18 Å². The maximum Gasteiger partial charge on any atom is 0.416 e. The van der Waals surface area contributed by atoms with E-state index in [-0.39, 0.29) is 5.41 Å². The summed E-state index contributed by atoms with van der Waals surface area (Å²) in [6, 6.07) is 9.78. The molecule has 2 aromatic heterocycles. The molecule has 0 amide bonds. The van der Waals surface area contributed by atoms with E-state index in [0.29, 0.717) is 5.92 Å². The third kappa shape index (κ3) is 4.06. The van der Waals surface area contributed by atoms with Crippen molar-refractivity contribution in [2.45, 2.75) is 29.6 Å². The molecule has 1 aromatic carbocycles. The summed E-state index contributed by atoms with van der Waals surface area (Å²) < 4.78 is 40.7. The van der Waals surface area contributed by atoms with Crippen LogP contribution in [0.3, 0.4) is 0 Å². The van der Waals surface area contributed by atoms with Gasteiger partial charge in [0.2, 0.25) is 0 Å². The Balaban J connectivity index is 1.12. The first-order valence-corrected chi connectivity index (χ1v) is 11.8. The van der Waals surface area contributed by atoms with E-state index in [1.54, 1.807) is 30.1 Å². The predicted molar refractivity (Wildman–Crippen MR) is 119 cm³/mol. The molecule has 2 atom stereocenters. The van der Waals surface area contributed by atoms with Crippen LogP contribution < -0.4 is 0 Å². The number of aromatic nitrogens is 3. The van der Waals surface area contributed by atoms with Crippen molar-refractivity contribution < 1.29 is 13.2 Å². The maximum absolute atomic E-state index is 12.9. The molecule has 1 saturated heterocycles. The lowest BCUT2D eigenvalue weighted by Gasteiger charge is -2.21. The van der Waals surface area contributed by atoms with Gasteiger partial charge in [0.15, 0.2) is 5.16 Å². The van der Waals surface area contributed by atoms with E-state index >= 15 is 0 Å². The van der Waals surface area contributed by atoms with E-state index in [9.17, 15) is 13.2 Å². The fourth-order valence-corrected chi connectivity index (χ4v) is 5.83. The zero-order chi connectivity index (χ0) is 22.3. The molecule has 8 heteroatoms. The SMILES string of the molecule is Cn1c(-c2cccnc2)cnc1SCCCN1C[C@@H]2C[C@]2(c2ccc(C(F)(F)F)cc2)C1. The highest BCUT2D eigenvalue weighted by Crippen LogP contribution is 2.59. The van der Waals surface area contributed by atoms with Gasteiger partial charge in [0, 0.05) is 49.3 Å². The standard InChI is InChI=1S/C24H25F3N4S/c1-30-21(17-4-2-9-28-13-17)14-29-22(30)32-11-3-10-31-15-20-12-23(20,16-31)18-5-7-19(8-6-18)24(25,26)27/h2,4-9,13-14,20H,3,10-12,15-16H2,1H3/t20-,23+/m0/s1. The lowest BCUT2D eigenvalue weighted by atomic mass is 9.94. The number of piperidine rings is 1. The average Bonchev–Trinajstić information content (AvgIpc) is 3.16. The Bertz CT molecular complexity index is 1080. The second-order valence-corrected chi connectivity index (χ2v) is 9.86. The number of hydrogen-bond acceptors (Lipinski definition) is 4. The van der Waals surface area contributed by atoms with Crippen LogP contribution in [0, 0.1) is 5.92 Å². The van der Waals surface area contributed by atoms with Crippen molar-refractivity contribution in [3.8, 4) is 11.3 Å². The maximum atomic E-state index is 12.9. The second kappa shape index (κ2) is 8.23. The third-order valence-corrected chi connectivity index (χ3v) is 7.89.